The summed E-state index contributed by atoms with van der Waals surface area (Å²) in [5.74, 6) is 0.700. The van der Waals surface area contributed by atoms with Gasteiger partial charge in [0.15, 0.2) is 0 Å². The van der Waals surface area contributed by atoms with Crippen LogP contribution in [-0.4, -0.2) is 77.1 Å². The fourth-order valence-corrected chi connectivity index (χ4v) is 2.50. The van der Waals surface area contributed by atoms with Crippen LogP contribution >= 0.6 is 0 Å². The summed E-state index contributed by atoms with van der Waals surface area (Å²) < 4.78 is 11.2. The van der Waals surface area contributed by atoms with Crippen molar-refractivity contribution in [3.8, 4) is 0 Å². The van der Waals surface area contributed by atoms with Gasteiger partial charge in [-0.05, 0) is 45.4 Å². The Morgan fingerprint density at radius 2 is 1.71 bits per heavy atom. The predicted octanol–water partition coefficient (Wildman–Crippen LogP) is 0.949. The van der Waals surface area contributed by atoms with Crippen LogP contribution in [0.5, 0.6) is 0 Å². The van der Waals surface area contributed by atoms with E-state index in [-0.39, 0.29) is 0 Å². The molecule has 0 saturated carbocycles. The molecule has 1 saturated heterocycles. The summed E-state index contributed by atoms with van der Waals surface area (Å²) in [5, 5.41) is 6.72. The summed E-state index contributed by atoms with van der Waals surface area (Å²) in [7, 11) is 2.06. The van der Waals surface area contributed by atoms with E-state index in [1.807, 2.05) is 0 Å². The lowest BCUT2D eigenvalue weighted by atomic mass is 10.1. The van der Waals surface area contributed by atoms with Crippen LogP contribution in [0.4, 0.5) is 0 Å². The number of rotatable bonds is 12. The standard InChI is InChI=1S/C16H35N3O2/c1-15(2)14-18-6-10-20-12-13-21-11-9-19-7-4-16(17-3)5-8-19/h15-18H,4-14H2,1-3H3. The minimum Gasteiger partial charge on any atom is -0.378 e. The van der Waals surface area contributed by atoms with E-state index in [0.717, 1.165) is 32.8 Å². The van der Waals surface area contributed by atoms with E-state index in [9.17, 15) is 0 Å². The average Bonchev–Trinajstić information content (AvgIpc) is 2.49. The molecule has 1 aliphatic heterocycles. The van der Waals surface area contributed by atoms with Gasteiger partial charge in [-0.2, -0.15) is 0 Å². The minimum absolute atomic E-state index is 0.700. The fourth-order valence-electron chi connectivity index (χ4n) is 2.50. The number of hydrogen-bond donors (Lipinski definition) is 2. The first-order valence-electron chi connectivity index (χ1n) is 8.48. The molecular formula is C16H35N3O2. The van der Waals surface area contributed by atoms with Crippen molar-refractivity contribution in [2.24, 2.45) is 5.92 Å². The molecule has 21 heavy (non-hydrogen) atoms. The van der Waals surface area contributed by atoms with Gasteiger partial charge in [0.05, 0.1) is 26.4 Å². The highest BCUT2D eigenvalue weighted by Crippen LogP contribution is 2.08. The molecule has 5 nitrogen and oxygen atoms in total. The molecule has 5 heteroatoms. The molecule has 126 valence electrons. The predicted molar refractivity (Wildman–Crippen MR) is 87.9 cm³/mol. The minimum atomic E-state index is 0.700. The van der Waals surface area contributed by atoms with Gasteiger partial charge in [0, 0.05) is 19.1 Å². The van der Waals surface area contributed by atoms with Gasteiger partial charge in [-0.25, -0.2) is 0 Å². The lowest BCUT2D eigenvalue weighted by Gasteiger charge is -2.31. The van der Waals surface area contributed by atoms with Crippen LogP contribution in [0.3, 0.4) is 0 Å². The number of nitrogens with zero attached hydrogens (tertiary/aromatic N) is 1. The fraction of sp³-hybridized carbons (Fsp3) is 1.00. The first kappa shape index (κ1) is 18.8. The van der Waals surface area contributed by atoms with Gasteiger partial charge >= 0.3 is 0 Å². The summed E-state index contributed by atoms with van der Waals surface area (Å²) in [4.78, 5) is 2.49. The molecule has 0 atom stereocenters. The van der Waals surface area contributed by atoms with Crippen molar-refractivity contribution in [3.63, 3.8) is 0 Å². The lowest BCUT2D eigenvalue weighted by Crippen LogP contribution is -2.42. The molecule has 0 bridgehead atoms. The van der Waals surface area contributed by atoms with Gasteiger partial charge < -0.3 is 25.0 Å². The second kappa shape index (κ2) is 12.4. The van der Waals surface area contributed by atoms with Crippen LogP contribution in [0, 0.1) is 5.92 Å². The molecule has 0 aliphatic carbocycles. The summed E-state index contributed by atoms with van der Waals surface area (Å²) >= 11 is 0. The van der Waals surface area contributed by atoms with Crippen molar-refractivity contribution >= 4 is 0 Å². The summed E-state index contributed by atoms with van der Waals surface area (Å²) in [5.41, 5.74) is 0. The zero-order chi connectivity index (χ0) is 15.3. The molecule has 0 unspecified atom stereocenters. The maximum atomic E-state index is 5.63. The highest BCUT2D eigenvalue weighted by molar-refractivity contribution is 4.75. The van der Waals surface area contributed by atoms with Crippen molar-refractivity contribution in [2.75, 3.05) is 66.2 Å². The van der Waals surface area contributed by atoms with E-state index in [1.165, 1.54) is 25.9 Å². The van der Waals surface area contributed by atoms with Crippen LogP contribution in [0.1, 0.15) is 26.7 Å². The normalized spacial score (nSPS) is 17.7. The largest absolute Gasteiger partial charge is 0.378 e. The second-order valence-corrected chi connectivity index (χ2v) is 6.23. The molecular weight excluding hydrogens is 266 g/mol. The van der Waals surface area contributed by atoms with Crippen molar-refractivity contribution in [2.45, 2.75) is 32.7 Å². The number of nitrogens with one attached hydrogen (secondary N) is 2. The van der Waals surface area contributed by atoms with E-state index >= 15 is 0 Å². The van der Waals surface area contributed by atoms with Crippen LogP contribution in [-0.2, 0) is 9.47 Å². The Morgan fingerprint density at radius 3 is 2.33 bits per heavy atom. The van der Waals surface area contributed by atoms with Gasteiger partial charge in [-0.15, -0.1) is 0 Å². The Balaban J connectivity index is 1.79. The SMILES string of the molecule is CNC1CCN(CCOCCOCCNCC(C)C)CC1. The molecule has 1 rings (SSSR count). The summed E-state index contributed by atoms with van der Waals surface area (Å²) in [6.07, 6.45) is 2.51. The first-order valence-corrected chi connectivity index (χ1v) is 8.48. The smallest absolute Gasteiger partial charge is 0.0701 e. The number of piperidine rings is 1. The zero-order valence-electron chi connectivity index (χ0n) is 14.2. The van der Waals surface area contributed by atoms with E-state index < -0.39 is 0 Å². The number of likely N-dealkylation sites (tertiary alicyclic amines) is 1. The molecule has 0 aromatic carbocycles. The van der Waals surface area contributed by atoms with Crippen LogP contribution in [0.2, 0.25) is 0 Å². The highest BCUT2D eigenvalue weighted by Gasteiger charge is 2.16. The van der Waals surface area contributed by atoms with Crippen molar-refractivity contribution in [1.29, 1.82) is 0 Å². The van der Waals surface area contributed by atoms with Gasteiger partial charge in [0.25, 0.3) is 0 Å². The van der Waals surface area contributed by atoms with Crippen molar-refractivity contribution in [3.05, 3.63) is 0 Å². The van der Waals surface area contributed by atoms with Gasteiger partial charge in [0.1, 0.15) is 0 Å². The Hall–Kier alpha value is -0.200. The quantitative estimate of drug-likeness (QED) is 0.526. The Labute approximate surface area is 130 Å². The maximum absolute atomic E-state index is 5.63. The number of hydrogen-bond acceptors (Lipinski definition) is 5. The molecule has 0 aromatic heterocycles. The van der Waals surface area contributed by atoms with Crippen LogP contribution in [0.25, 0.3) is 0 Å². The third-order valence-electron chi connectivity index (χ3n) is 3.90. The monoisotopic (exact) mass is 301 g/mol. The zero-order valence-corrected chi connectivity index (χ0v) is 14.2. The van der Waals surface area contributed by atoms with Crippen LogP contribution in [0.15, 0.2) is 0 Å². The third kappa shape index (κ3) is 10.2. The Bertz CT molecular complexity index is 232. The van der Waals surface area contributed by atoms with E-state index in [1.54, 1.807) is 0 Å². The molecule has 0 aromatic rings. The van der Waals surface area contributed by atoms with Crippen molar-refractivity contribution in [1.82, 2.24) is 15.5 Å². The van der Waals surface area contributed by atoms with Crippen LogP contribution < -0.4 is 10.6 Å². The molecule has 1 fully saturated rings. The summed E-state index contributed by atoms with van der Waals surface area (Å²) in [6.45, 7) is 12.8. The highest BCUT2D eigenvalue weighted by atomic mass is 16.5. The molecule has 0 spiro atoms. The van der Waals surface area contributed by atoms with E-state index in [2.05, 4.69) is 36.4 Å². The van der Waals surface area contributed by atoms with E-state index in [0.29, 0.717) is 25.2 Å². The molecule has 1 heterocycles. The van der Waals surface area contributed by atoms with Gasteiger partial charge in [-0.3, -0.25) is 0 Å². The molecule has 2 N–H and O–H groups in total. The molecule has 0 radical (unpaired) electrons. The average molecular weight is 301 g/mol. The second-order valence-electron chi connectivity index (χ2n) is 6.23. The molecule has 0 amide bonds. The molecule has 1 aliphatic rings. The third-order valence-corrected chi connectivity index (χ3v) is 3.90. The number of ether oxygens (including phenoxy) is 2. The van der Waals surface area contributed by atoms with Crippen molar-refractivity contribution < 1.29 is 9.47 Å². The lowest BCUT2D eigenvalue weighted by molar-refractivity contribution is 0.0365. The van der Waals surface area contributed by atoms with Gasteiger partial charge in [-0.1, -0.05) is 13.8 Å². The Kier molecular flexibility index (Phi) is 11.1. The maximum Gasteiger partial charge on any atom is 0.0701 e. The van der Waals surface area contributed by atoms with E-state index in [4.69, 9.17) is 9.47 Å². The summed E-state index contributed by atoms with van der Waals surface area (Å²) in [6, 6.07) is 0.708. The first-order chi connectivity index (χ1) is 10.2. The van der Waals surface area contributed by atoms with Gasteiger partial charge in [0.2, 0.25) is 0 Å². The Morgan fingerprint density at radius 1 is 1.05 bits per heavy atom. The topological polar surface area (TPSA) is 45.8 Å².